The van der Waals surface area contributed by atoms with E-state index in [1.807, 2.05) is 11.8 Å². The highest BCUT2D eigenvalue weighted by molar-refractivity contribution is 8.00. The minimum atomic E-state index is -0.370. The number of hydrogen-bond donors (Lipinski definition) is 4. The Labute approximate surface area is 146 Å². The maximum atomic E-state index is 12.0. The van der Waals surface area contributed by atoms with Gasteiger partial charge in [-0.15, -0.1) is 0 Å². The summed E-state index contributed by atoms with van der Waals surface area (Å²) in [7, 11) is 0. The summed E-state index contributed by atoms with van der Waals surface area (Å²) in [6, 6.07) is 0.0536. The fourth-order valence-corrected chi connectivity index (χ4v) is 5.16. The summed E-state index contributed by atoms with van der Waals surface area (Å²) < 4.78 is 0. The van der Waals surface area contributed by atoms with Gasteiger partial charge in [0.05, 0.1) is 12.1 Å². The van der Waals surface area contributed by atoms with E-state index in [9.17, 15) is 14.4 Å². The van der Waals surface area contributed by atoms with Gasteiger partial charge >= 0.3 is 6.03 Å². The molecule has 0 bridgehead atoms. The summed E-state index contributed by atoms with van der Waals surface area (Å²) in [4.78, 5) is 35.2. The topological polar surface area (TPSA) is 99.3 Å². The Balaban J connectivity index is 1.32. The lowest BCUT2D eigenvalue weighted by atomic mass is 10.0. The van der Waals surface area contributed by atoms with Crippen molar-refractivity contribution in [3.05, 3.63) is 0 Å². The molecule has 3 rings (SSSR count). The summed E-state index contributed by atoms with van der Waals surface area (Å²) in [6.07, 6.45) is 5.91. The van der Waals surface area contributed by atoms with Gasteiger partial charge in [-0.05, 0) is 32.1 Å². The van der Waals surface area contributed by atoms with E-state index in [0.717, 1.165) is 44.3 Å². The number of fused-ring (bicyclic) bond motifs is 1. The molecule has 0 spiro atoms. The third-order valence-corrected chi connectivity index (χ3v) is 6.46. The van der Waals surface area contributed by atoms with Gasteiger partial charge in [-0.1, -0.05) is 6.42 Å². The van der Waals surface area contributed by atoms with E-state index in [2.05, 4.69) is 21.3 Å². The molecule has 0 aliphatic carbocycles. The minimum Gasteiger partial charge on any atom is -0.354 e. The molecule has 4 amide bonds. The van der Waals surface area contributed by atoms with Gasteiger partial charge in [-0.25, -0.2) is 4.79 Å². The van der Waals surface area contributed by atoms with Gasteiger partial charge in [0.2, 0.25) is 11.8 Å². The van der Waals surface area contributed by atoms with Crippen LogP contribution in [0.2, 0.25) is 0 Å². The number of nitrogens with one attached hydrogen (secondary N) is 4. The molecule has 3 heterocycles. The Morgan fingerprint density at radius 2 is 2.08 bits per heavy atom. The molecular formula is C16H26N4O3S. The third-order valence-electron chi connectivity index (χ3n) is 4.95. The zero-order chi connectivity index (χ0) is 16.9. The normalized spacial score (nSPS) is 32.3. The van der Waals surface area contributed by atoms with Crippen molar-refractivity contribution in [2.75, 3.05) is 12.3 Å². The molecule has 0 saturated carbocycles. The summed E-state index contributed by atoms with van der Waals surface area (Å²) in [5, 5.41) is 12.0. The highest BCUT2D eigenvalue weighted by Gasteiger charge is 2.42. The van der Waals surface area contributed by atoms with Crippen LogP contribution in [-0.4, -0.2) is 53.5 Å². The average Bonchev–Trinajstić information content (AvgIpc) is 3.02. The number of rotatable bonds is 6. The average molecular weight is 354 g/mol. The maximum Gasteiger partial charge on any atom is 0.315 e. The zero-order valence-corrected chi connectivity index (χ0v) is 14.6. The van der Waals surface area contributed by atoms with E-state index in [1.165, 1.54) is 0 Å². The van der Waals surface area contributed by atoms with E-state index < -0.39 is 0 Å². The first-order valence-corrected chi connectivity index (χ1v) is 9.94. The molecule has 0 aromatic heterocycles. The lowest BCUT2D eigenvalue weighted by Crippen LogP contribution is -2.45. The number of urea groups is 1. The first-order valence-electron chi connectivity index (χ1n) is 8.89. The summed E-state index contributed by atoms with van der Waals surface area (Å²) in [5.41, 5.74) is 0. The maximum absolute atomic E-state index is 12.0. The molecule has 3 saturated heterocycles. The largest absolute Gasteiger partial charge is 0.354 e. The minimum absolute atomic E-state index is 0.0372. The van der Waals surface area contributed by atoms with Crippen molar-refractivity contribution in [1.29, 1.82) is 0 Å². The fraction of sp³-hybridized carbons (Fsp3) is 0.812. The molecule has 7 nitrogen and oxygen atoms in total. The van der Waals surface area contributed by atoms with Crippen molar-refractivity contribution in [2.24, 2.45) is 0 Å². The molecule has 1 unspecified atom stereocenters. The second kappa shape index (κ2) is 8.09. The number of amides is 4. The molecule has 24 heavy (non-hydrogen) atoms. The molecule has 0 radical (unpaired) electrons. The van der Waals surface area contributed by atoms with Gasteiger partial charge in [0, 0.05) is 24.0 Å². The van der Waals surface area contributed by atoms with Crippen molar-refractivity contribution >= 4 is 29.6 Å². The Bertz CT molecular complexity index is 502. The standard InChI is InChI=1S/C16H26N4O3S/c21-13(18-10-5-3-4-8-17-15(10)22)7-2-1-6-12-14-11(9-24-12)19-16(23)20-14/h10-12,14H,1-9H2,(H,17,22)(H,18,21)(H2,19,20,23)/t10?,11-,12-,14-/m0/s1. The van der Waals surface area contributed by atoms with E-state index in [-0.39, 0.29) is 36.0 Å². The smallest absolute Gasteiger partial charge is 0.315 e. The van der Waals surface area contributed by atoms with Crippen LogP contribution in [0.4, 0.5) is 4.79 Å². The molecule has 3 aliphatic heterocycles. The molecule has 0 aromatic carbocycles. The molecule has 8 heteroatoms. The first kappa shape index (κ1) is 17.4. The number of carbonyl (C=O) groups is 3. The number of thioether (sulfide) groups is 1. The quantitative estimate of drug-likeness (QED) is 0.412. The molecule has 134 valence electrons. The van der Waals surface area contributed by atoms with E-state index in [1.54, 1.807) is 0 Å². The molecule has 4 atom stereocenters. The third kappa shape index (κ3) is 4.34. The summed E-state index contributed by atoms with van der Waals surface area (Å²) in [5.74, 6) is 0.870. The van der Waals surface area contributed by atoms with Crippen LogP contribution in [0.1, 0.15) is 44.9 Å². The van der Waals surface area contributed by atoms with Crippen molar-refractivity contribution in [2.45, 2.75) is 68.3 Å². The molecule has 3 aliphatic rings. The monoisotopic (exact) mass is 354 g/mol. The van der Waals surface area contributed by atoms with E-state index in [0.29, 0.717) is 18.2 Å². The lowest BCUT2D eigenvalue weighted by molar-refractivity contribution is -0.128. The van der Waals surface area contributed by atoms with Crippen LogP contribution in [0.25, 0.3) is 0 Å². The van der Waals surface area contributed by atoms with Gasteiger partial charge in [-0.3, -0.25) is 9.59 Å². The van der Waals surface area contributed by atoms with Crippen molar-refractivity contribution < 1.29 is 14.4 Å². The molecule has 3 fully saturated rings. The predicted molar refractivity (Wildman–Crippen MR) is 92.7 cm³/mol. The van der Waals surface area contributed by atoms with Gasteiger partial charge in [0.1, 0.15) is 6.04 Å². The zero-order valence-electron chi connectivity index (χ0n) is 13.8. The van der Waals surface area contributed by atoms with Crippen LogP contribution in [0.5, 0.6) is 0 Å². The first-order chi connectivity index (χ1) is 11.6. The second-order valence-electron chi connectivity index (χ2n) is 6.77. The van der Waals surface area contributed by atoms with Gasteiger partial charge < -0.3 is 21.3 Å². The van der Waals surface area contributed by atoms with Crippen molar-refractivity contribution in [1.82, 2.24) is 21.3 Å². The van der Waals surface area contributed by atoms with Gasteiger partial charge in [0.25, 0.3) is 0 Å². The van der Waals surface area contributed by atoms with Crippen molar-refractivity contribution in [3.8, 4) is 0 Å². The van der Waals surface area contributed by atoms with Crippen LogP contribution >= 0.6 is 11.8 Å². The lowest BCUT2D eigenvalue weighted by Gasteiger charge is -2.17. The summed E-state index contributed by atoms with van der Waals surface area (Å²) in [6.45, 7) is 0.706. The van der Waals surface area contributed by atoms with Gasteiger partial charge in [0.15, 0.2) is 0 Å². The Morgan fingerprint density at radius 3 is 2.96 bits per heavy atom. The summed E-state index contributed by atoms with van der Waals surface area (Å²) >= 11 is 1.90. The molecular weight excluding hydrogens is 328 g/mol. The number of hydrogen-bond acceptors (Lipinski definition) is 4. The SMILES string of the molecule is O=C(CCCC[C@@H]1SC[C@@H]2NC(=O)N[C@@H]21)NC1CCCCNC1=O. The van der Waals surface area contributed by atoms with Crippen LogP contribution in [0.3, 0.4) is 0 Å². The fourth-order valence-electron chi connectivity index (χ4n) is 3.62. The van der Waals surface area contributed by atoms with Crippen LogP contribution in [0.15, 0.2) is 0 Å². The number of carbonyl (C=O) groups excluding carboxylic acids is 3. The predicted octanol–water partition coefficient (Wildman–Crippen LogP) is 0.497. The highest BCUT2D eigenvalue weighted by Crippen LogP contribution is 2.33. The molecule has 4 N–H and O–H groups in total. The van der Waals surface area contributed by atoms with Gasteiger partial charge in [-0.2, -0.15) is 11.8 Å². The highest BCUT2D eigenvalue weighted by atomic mass is 32.2. The van der Waals surface area contributed by atoms with E-state index >= 15 is 0 Å². The second-order valence-corrected chi connectivity index (χ2v) is 8.05. The van der Waals surface area contributed by atoms with E-state index in [4.69, 9.17) is 0 Å². The number of unbranched alkanes of at least 4 members (excludes halogenated alkanes) is 1. The Kier molecular flexibility index (Phi) is 5.86. The van der Waals surface area contributed by atoms with Crippen LogP contribution < -0.4 is 21.3 Å². The molecule has 0 aromatic rings. The van der Waals surface area contributed by atoms with Crippen LogP contribution in [0, 0.1) is 0 Å². The van der Waals surface area contributed by atoms with Crippen molar-refractivity contribution in [3.63, 3.8) is 0 Å². The Hall–Kier alpha value is -1.44. The van der Waals surface area contributed by atoms with Crippen LogP contribution in [-0.2, 0) is 9.59 Å². The Morgan fingerprint density at radius 1 is 1.21 bits per heavy atom.